The summed E-state index contributed by atoms with van der Waals surface area (Å²) in [5.74, 6) is -0.579. The zero-order chi connectivity index (χ0) is 30.1. The zero-order valence-electron chi connectivity index (χ0n) is 27.6. The van der Waals surface area contributed by atoms with Gasteiger partial charge in [-0.1, -0.05) is 174 Å². The Hall–Kier alpha value is -1.10. The molecule has 0 aromatic rings. The van der Waals surface area contributed by atoms with Crippen molar-refractivity contribution in [3.05, 3.63) is 0 Å². The minimum absolute atomic E-state index is 0.0574. The molecule has 0 fully saturated rings. The van der Waals surface area contributed by atoms with Crippen LogP contribution in [0.15, 0.2) is 0 Å². The Kier molecular flexibility index (Phi) is 32.5. The topological polar surface area (TPSA) is 72.8 Å². The molecule has 0 aliphatic rings. The molecule has 0 bridgehead atoms. The van der Waals surface area contributed by atoms with Crippen molar-refractivity contribution in [2.24, 2.45) is 0 Å². The van der Waals surface area contributed by atoms with Crippen molar-refractivity contribution < 1.29 is 24.2 Å². The Bertz CT molecular complexity index is 550. The summed E-state index contributed by atoms with van der Waals surface area (Å²) in [7, 11) is 0. The molecule has 1 N–H and O–H groups in total. The van der Waals surface area contributed by atoms with Crippen LogP contribution in [0, 0.1) is 0 Å². The lowest BCUT2D eigenvalue weighted by molar-refractivity contribution is -0.161. The zero-order valence-corrected chi connectivity index (χ0v) is 27.6. The van der Waals surface area contributed by atoms with E-state index < -0.39 is 6.10 Å². The Morgan fingerprint density at radius 1 is 0.463 bits per heavy atom. The average Bonchev–Trinajstić information content (AvgIpc) is 2.97. The number of rotatable bonds is 33. The van der Waals surface area contributed by atoms with Crippen molar-refractivity contribution in [3.8, 4) is 0 Å². The van der Waals surface area contributed by atoms with Crippen LogP contribution < -0.4 is 0 Å². The molecule has 41 heavy (non-hydrogen) atoms. The number of aliphatic hydroxyl groups excluding tert-OH is 1. The molecule has 0 spiro atoms. The lowest BCUT2D eigenvalue weighted by Crippen LogP contribution is -2.28. The number of carbonyl (C=O) groups is 2. The molecule has 0 radical (unpaired) electrons. The summed E-state index contributed by atoms with van der Waals surface area (Å²) in [6.07, 6.45) is 34.4. The minimum Gasteiger partial charge on any atom is -0.462 e. The van der Waals surface area contributed by atoms with Gasteiger partial charge < -0.3 is 14.6 Å². The second kappa shape index (κ2) is 33.4. The number of unbranched alkanes of at least 4 members (excludes halogenated alkanes) is 25. The largest absolute Gasteiger partial charge is 0.462 e. The molecule has 0 rings (SSSR count). The predicted octanol–water partition coefficient (Wildman–Crippen LogP) is 10.8. The molecule has 0 saturated carbocycles. The van der Waals surface area contributed by atoms with E-state index in [4.69, 9.17) is 9.47 Å². The first-order chi connectivity index (χ1) is 20.1. The van der Waals surface area contributed by atoms with Crippen LogP contribution >= 0.6 is 0 Å². The van der Waals surface area contributed by atoms with Crippen molar-refractivity contribution in [2.45, 2.75) is 206 Å². The number of hydrogen-bond donors (Lipinski definition) is 1. The van der Waals surface area contributed by atoms with Gasteiger partial charge in [-0.05, 0) is 12.8 Å². The van der Waals surface area contributed by atoms with Crippen molar-refractivity contribution in [1.29, 1.82) is 0 Å². The highest BCUT2D eigenvalue weighted by Crippen LogP contribution is 2.15. The fourth-order valence-corrected chi connectivity index (χ4v) is 5.38. The van der Waals surface area contributed by atoms with Crippen LogP contribution in [0.25, 0.3) is 0 Å². The maximum Gasteiger partial charge on any atom is 0.306 e. The summed E-state index contributed by atoms with van der Waals surface area (Å²) < 4.78 is 10.6. The number of hydrogen-bond acceptors (Lipinski definition) is 5. The summed E-state index contributed by atoms with van der Waals surface area (Å²) in [6, 6.07) is 0. The van der Waals surface area contributed by atoms with E-state index in [9.17, 15) is 14.7 Å². The summed E-state index contributed by atoms with van der Waals surface area (Å²) in [5, 5.41) is 9.51. The minimum atomic E-state index is -0.759. The molecule has 0 aliphatic heterocycles. The van der Waals surface area contributed by atoms with E-state index in [0.717, 1.165) is 32.1 Å². The van der Waals surface area contributed by atoms with Gasteiger partial charge in [-0.15, -0.1) is 0 Å². The number of esters is 2. The van der Waals surface area contributed by atoms with Gasteiger partial charge in [0.1, 0.15) is 6.61 Å². The first-order valence-corrected chi connectivity index (χ1v) is 18.1. The van der Waals surface area contributed by atoms with Crippen LogP contribution in [0.5, 0.6) is 0 Å². The standard InChI is InChI=1S/C36H70O5/c1-3-5-7-9-11-13-15-17-18-19-21-23-25-27-29-31-36(39)41-34(32-37)33-40-35(38)30-28-26-24-22-20-16-14-12-10-8-6-4-2/h34,37H,3-33H2,1-2H3/t34-/m0/s1. The Morgan fingerprint density at radius 2 is 0.756 bits per heavy atom. The smallest absolute Gasteiger partial charge is 0.306 e. The fraction of sp³-hybridized carbons (Fsp3) is 0.944. The van der Waals surface area contributed by atoms with Crippen molar-refractivity contribution in [1.82, 2.24) is 0 Å². The average molecular weight is 583 g/mol. The van der Waals surface area contributed by atoms with Gasteiger partial charge in [0.2, 0.25) is 0 Å². The monoisotopic (exact) mass is 583 g/mol. The molecule has 5 heteroatoms. The van der Waals surface area contributed by atoms with E-state index in [0.29, 0.717) is 12.8 Å². The van der Waals surface area contributed by atoms with E-state index in [2.05, 4.69) is 13.8 Å². The van der Waals surface area contributed by atoms with Crippen LogP contribution in [-0.2, 0) is 19.1 Å². The van der Waals surface area contributed by atoms with Crippen LogP contribution in [0.2, 0.25) is 0 Å². The normalized spacial score (nSPS) is 12.0. The van der Waals surface area contributed by atoms with Crippen molar-refractivity contribution in [2.75, 3.05) is 13.2 Å². The van der Waals surface area contributed by atoms with Gasteiger partial charge in [0.25, 0.3) is 0 Å². The van der Waals surface area contributed by atoms with E-state index in [-0.39, 0.29) is 25.2 Å². The van der Waals surface area contributed by atoms with Gasteiger partial charge in [-0.2, -0.15) is 0 Å². The molecule has 0 amide bonds. The Labute approximate surface area is 255 Å². The van der Waals surface area contributed by atoms with Crippen molar-refractivity contribution in [3.63, 3.8) is 0 Å². The van der Waals surface area contributed by atoms with Crippen molar-refractivity contribution >= 4 is 11.9 Å². The van der Waals surface area contributed by atoms with Gasteiger partial charge >= 0.3 is 11.9 Å². The highest BCUT2D eigenvalue weighted by atomic mass is 16.6. The summed E-state index contributed by atoms with van der Waals surface area (Å²) in [4.78, 5) is 24.1. The third-order valence-corrected chi connectivity index (χ3v) is 8.15. The predicted molar refractivity (Wildman–Crippen MR) is 173 cm³/mol. The molecular formula is C36H70O5. The van der Waals surface area contributed by atoms with Gasteiger partial charge in [0.05, 0.1) is 6.61 Å². The lowest BCUT2D eigenvalue weighted by Gasteiger charge is -2.15. The van der Waals surface area contributed by atoms with Gasteiger partial charge in [-0.25, -0.2) is 0 Å². The quantitative estimate of drug-likeness (QED) is 0.0615. The molecule has 1 atom stereocenters. The van der Waals surface area contributed by atoms with Crippen LogP contribution in [-0.4, -0.2) is 36.4 Å². The van der Waals surface area contributed by atoms with Crippen LogP contribution in [0.1, 0.15) is 200 Å². The molecule has 5 nitrogen and oxygen atoms in total. The van der Waals surface area contributed by atoms with E-state index >= 15 is 0 Å². The molecule has 0 aliphatic carbocycles. The molecule has 0 saturated heterocycles. The van der Waals surface area contributed by atoms with Crippen LogP contribution in [0.4, 0.5) is 0 Å². The van der Waals surface area contributed by atoms with Gasteiger partial charge in [0, 0.05) is 12.8 Å². The van der Waals surface area contributed by atoms with Gasteiger partial charge in [-0.3, -0.25) is 9.59 Å². The Balaban J connectivity index is 3.51. The summed E-state index contributed by atoms with van der Waals surface area (Å²) >= 11 is 0. The van der Waals surface area contributed by atoms with Gasteiger partial charge in [0.15, 0.2) is 6.10 Å². The summed E-state index contributed by atoms with van der Waals surface area (Å²) in [6.45, 7) is 4.14. The number of aliphatic hydroxyl groups is 1. The lowest BCUT2D eigenvalue weighted by atomic mass is 10.0. The molecule has 0 aromatic heterocycles. The molecular weight excluding hydrogens is 512 g/mol. The second-order valence-corrected chi connectivity index (χ2v) is 12.3. The van der Waals surface area contributed by atoms with E-state index in [1.54, 1.807) is 0 Å². The van der Waals surface area contributed by atoms with E-state index in [1.165, 1.54) is 141 Å². The van der Waals surface area contributed by atoms with E-state index in [1.807, 2.05) is 0 Å². The molecule has 0 aromatic carbocycles. The second-order valence-electron chi connectivity index (χ2n) is 12.3. The SMILES string of the molecule is CCCCCCCCCCCCCCCCCC(=O)O[C@@H](CO)COC(=O)CCCCCCCCCCCCCC. The summed E-state index contributed by atoms with van der Waals surface area (Å²) in [5.41, 5.74) is 0. The molecule has 0 unspecified atom stereocenters. The van der Waals surface area contributed by atoms with Crippen LogP contribution in [0.3, 0.4) is 0 Å². The maximum absolute atomic E-state index is 12.1. The number of carbonyl (C=O) groups excluding carboxylic acids is 2. The number of ether oxygens (including phenoxy) is 2. The fourth-order valence-electron chi connectivity index (χ4n) is 5.38. The highest BCUT2D eigenvalue weighted by molar-refractivity contribution is 5.70. The molecule has 244 valence electrons. The molecule has 0 heterocycles. The Morgan fingerprint density at radius 3 is 1.07 bits per heavy atom. The first kappa shape index (κ1) is 39.9. The third kappa shape index (κ3) is 31.7. The maximum atomic E-state index is 12.1. The highest BCUT2D eigenvalue weighted by Gasteiger charge is 2.16. The first-order valence-electron chi connectivity index (χ1n) is 18.1. The third-order valence-electron chi connectivity index (χ3n) is 8.15.